The van der Waals surface area contributed by atoms with Crippen LogP contribution >= 0.6 is 11.8 Å². The highest BCUT2D eigenvalue weighted by Gasteiger charge is 2.50. The Labute approximate surface area is 236 Å². The van der Waals surface area contributed by atoms with E-state index in [1.165, 1.54) is 12.1 Å². The topological polar surface area (TPSA) is 93.9 Å². The molecule has 11 heteroatoms. The lowest BCUT2D eigenvalue weighted by atomic mass is 9.73. The summed E-state index contributed by atoms with van der Waals surface area (Å²) >= 11 is 1.54. The van der Waals surface area contributed by atoms with Crippen molar-refractivity contribution in [3.63, 3.8) is 0 Å². The van der Waals surface area contributed by atoms with Crippen molar-refractivity contribution in [2.45, 2.75) is 68.1 Å². The van der Waals surface area contributed by atoms with Crippen molar-refractivity contribution in [1.29, 1.82) is 0 Å². The summed E-state index contributed by atoms with van der Waals surface area (Å²) in [5.74, 6) is 0.523. The number of anilines is 1. The molecule has 0 saturated carbocycles. The van der Waals surface area contributed by atoms with Crippen molar-refractivity contribution in [2.75, 3.05) is 24.6 Å². The maximum absolute atomic E-state index is 13.7. The molecule has 0 bridgehead atoms. The molecule has 1 spiro atoms. The third-order valence-corrected chi connectivity index (χ3v) is 8.82. The van der Waals surface area contributed by atoms with E-state index in [9.17, 15) is 9.18 Å². The Morgan fingerprint density at radius 2 is 1.95 bits per heavy atom. The Kier molecular flexibility index (Phi) is 6.82. The van der Waals surface area contributed by atoms with Crippen LogP contribution in [0.15, 0.2) is 58.8 Å². The molecule has 2 saturated heterocycles. The SMILES string of the molecule is C[C@@H]1OCC2(CCN(c3ncc(Sc4ccnc5cc(F)ccc45)c4nccn34)CC2)[C@@H]1NC(=O)OC(C)(C)C. The smallest absolute Gasteiger partial charge is 0.407 e. The molecule has 0 radical (unpaired) electrons. The number of hydrogen-bond donors (Lipinski definition) is 1. The minimum absolute atomic E-state index is 0.0883. The predicted octanol–water partition coefficient (Wildman–Crippen LogP) is 5.47. The van der Waals surface area contributed by atoms with Gasteiger partial charge in [0.1, 0.15) is 11.4 Å². The van der Waals surface area contributed by atoms with Crippen LogP contribution in [0, 0.1) is 11.2 Å². The molecule has 1 aromatic carbocycles. The number of pyridine rings is 1. The van der Waals surface area contributed by atoms with Gasteiger partial charge in [0, 0.05) is 59.6 Å². The van der Waals surface area contributed by atoms with Crippen LogP contribution in [0.2, 0.25) is 0 Å². The van der Waals surface area contributed by atoms with E-state index in [4.69, 9.17) is 14.5 Å². The lowest BCUT2D eigenvalue weighted by molar-refractivity contribution is 0.0434. The van der Waals surface area contributed by atoms with Gasteiger partial charge in [-0.15, -0.1) is 0 Å². The Morgan fingerprint density at radius 1 is 1.15 bits per heavy atom. The maximum atomic E-state index is 13.7. The number of imidazole rings is 1. The van der Waals surface area contributed by atoms with Crippen LogP contribution in [0.25, 0.3) is 16.6 Å². The molecular weight excluding hydrogens is 531 g/mol. The number of halogens is 1. The molecule has 2 atom stereocenters. The van der Waals surface area contributed by atoms with Crippen LogP contribution < -0.4 is 10.2 Å². The third-order valence-electron chi connectivity index (χ3n) is 7.74. The Balaban J connectivity index is 1.21. The van der Waals surface area contributed by atoms with Crippen LogP contribution in [-0.2, 0) is 9.47 Å². The molecule has 4 aromatic rings. The number of ether oxygens (including phenoxy) is 2. The van der Waals surface area contributed by atoms with Crippen LogP contribution in [0.1, 0.15) is 40.5 Å². The van der Waals surface area contributed by atoms with Gasteiger partial charge in [0.15, 0.2) is 5.65 Å². The molecule has 2 aliphatic heterocycles. The van der Waals surface area contributed by atoms with E-state index in [2.05, 4.69) is 20.2 Å². The van der Waals surface area contributed by atoms with Crippen molar-refractivity contribution in [3.8, 4) is 0 Å². The van der Waals surface area contributed by atoms with Gasteiger partial charge >= 0.3 is 6.09 Å². The maximum Gasteiger partial charge on any atom is 0.407 e. The second-order valence-electron chi connectivity index (χ2n) is 11.6. The highest BCUT2D eigenvalue weighted by Crippen LogP contribution is 2.43. The van der Waals surface area contributed by atoms with Crippen LogP contribution in [0.5, 0.6) is 0 Å². The van der Waals surface area contributed by atoms with E-state index in [0.717, 1.165) is 52.7 Å². The second kappa shape index (κ2) is 10.2. The van der Waals surface area contributed by atoms with Crippen molar-refractivity contribution in [3.05, 3.63) is 54.9 Å². The fourth-order valence-electron chi connectivity index (χ4n) is 5.79. The normalized spacial score (nSPS) is 20.9. The zero-order valence-corrected chi connectivity index (χ0v) is 23.9. The highest BCUT2D eigenvalue weighted by atomic mass is 32.2. The first kappa shape index (κ1) is 26.8. The molecule has 40 heavy (non-hydrogen) atoms. The van der Waals surface area contributed by atoms with E-state index < -0.39 is 11.7 Å². The number of benzene rings is 1. The highest BCUT2D eigenvalue weighted by molar-refractivity contribution is 7.99. The molecule has 5 heterocycles. The van der Waals surface area contributed by atoms with Gasteiger partial charge in [-0.2, -0.15) is 0 Å². The van der Waals surface area contributed by atoms with Gasteiger partial charge < -0.3 is 19.7 Å². The van der Waals surface area contributed by atoms with E-state index in [1.54, 1.807) is 30.2 Å². The van der Waals surface area contributed by atoms with Gasteiger partial charge in [0.05, 0.1) is 29.2 Å². The number of carbonyl (C=O) groups excluding carboxylic acids is 1. The summed E-state index contributed by atoms with van der Waals surface area (Å²) in [6, 6.07) is 6.46. The first-order valence-corrected chi connectivity index (χ1v) is 14.3. The number of rotatable bonds is 4. The molecule has 9 nitrogen and oxygen atoms in total. The van der Waals surface area contributed by atoms with Gasteiger partial charge in [0.25, 0.3) is 0 Å². The largest absolute Gasteiger partial charge is 0.444 e. The predicted molar refractivity (Wildman–Crippen MR) is 151 cm³/mol. The van der Waals surface area contributed by atoms with Crippen molar-refractivity contribution < 1.29 is 18.7 Å². The summed E-state index contributed by atoms with van der Waals surface area (Å²) in [5.41, 5.74) is 0.710. The average Bonchev–Trinajstić information content (AvgIpc) is 3.51. The standard InChI is InChI=1S/C29H33FN6O3S/c1-18-24(34-27(37)39-28(2,3)4)29(17-38-18)8-12-35(13-9-29)26-33-16-23(25-32-11-14-36(25)26)40-22-7-10-31-21-15-19(30)5-6-20(21)22/h5-7,10-11,14-16,18,24H,8-9,12-13,17H2,1-4H3,(H,34,37)/t18-,24+/m0/s1. The number of piperidine rings is 1. The molecule has 1 N–H and O–H groups in total. The van der Waals surface area contributed by atoms with E-state index in [1.807, 2.05) is 50.6 Å². The Morgan fingerprint density at radius 3 is 2.73 bits per heavy atom. The van der Waals surface area contributed by atoms with Gasteiger partial charge in [-0.1, -0.05) is 11.8 Å². The number of aromatic nitrogens is 4. The lowest BCUT2D eigenvalue weighted by Crippen LogP contribution is -2.55. The van der Waals surface area contributed by atoms with Crippen molar-refractivity contribution in [1.82, 2.24) is 24.7 Å². The minimum Gasteiger partial charge on any atom is -0.444 e. The fraction of sp³-hybridized carbons (Fsp3) is 0.448. The molecule has 2 aliphatic rings. The molecule has 0 unspecified atom stereocenters. The zero-order valence-electron chi connectivity index (χ0n) is 23.1. The summed E-state index contributed by atoms with van der Waals surface area (Å²) in [4.78, 5) is 30.5. The number of hydrogen-bond acceptors (Lipinski definition) is 8. The zero-order chi connectivity index (χ0) is 28.1. The number of nitrogens with zero attached hydrogens (tertiary/aromatic N) is 5. The number of nitrogens with one attached hydrogen (secondary N) is 1. The molecule has 210 valence electrons. The first-order valence-electron chi connectivity index (χ1n) is 13.5. The first-order chi connectivity index (χ1) is 19.1. The van der Waals surface area contributed by atoms with Crippen molar-refractivity contribution >= 4 is 40.4 Å². The van der Waals surface area contributed by atoms with Gasteiger partial charge in [-0.25, -0.2) is 19.2 Å². The average molecular weight is 565 g/mol. The summed E-state index contributed by atoms with van der Waals surface area (Å²) in [5, 5.41) is 3.99. The Hall–Kier alpha value is -3.44. The Bertz CT molecular complexity index is 1560. The summed E-state index contributed by atoms with van der Waals surface area (Å²) in [6.07, 6.45) is 8.47. The molecular formula is C29H33FN6O3S. The quantitative estimate of drug-likeness (QED) is 0.349. The van der Waals surface area contributed by atoms with Crippen LogP contribution in [0.4, 0.5) is 15.1 Å². The van der Waals surface area contributed by atoms with Gasteiger partial charge in [-0.05, 0) is 58.7 Å². The number of fused-ring (bicyclic) bond motifs is 2. The summed E-state index contributed by atoms with van der Waals surface area (Å²) in [7, 11) is 0. The van der Waals surface area contributed by atoms with Crippen LogP contribution in [0.3, 0.4) is 0 Å². The van der Waals surface area contributed by atoms with E-state index >= 15 is 0 Å². The van der Waals surface area contributed by atoms with Gasteiger partial charge in [-0.3, -0.25) is 9.38 Å². The van der Waals surface area contributed by atoms with E-state index in [0.29, 0.717) is 12.1 Å². The molecule has 1 amide bonds. The number of alkyl carbamates (subject to hydrolysis) is 1. The molecule has 0 aliphatic carbocycles. The van der Waals surface area contributed by atoms with Gasteiger partial charge in [0.2, 0.25) is 5.95 Å². The molecule has 6 rings (SSSR count). The molecule has 2 fully saturated rings. The van der Waals surface area contributed by atoms with Crippen molar-refractivity contribution in [2.24, 2.45) is 5.41 Å². The monoisotopic (exact) mass is 564 g/mol. The summed E-state index contributed by atoms with van der Waals surface area (Å²) < 4.78 is 27.3. The third kappa shape index (κ3) is 5.08. The molecule has 3 aromatic heterocycles. The van der Waals surface area contributed by atoms with Crippen LogP contribution in [-0.4, -0.2) is 62.9 Å². The summed E-state index contributed by atoms with van der Waals surface area (Å²) in [6.45, 7) is 9.76. The second-order valence-corrected chi connectivity index (χ2v) is 12.7. The lowest BCUT2D eigenvalue weighted by Gasteiger charge is -2.43. The van der Waals surface area contributed by atoms with E-state index in [-0.39, 0.29) is 23.4 Å². The number of amides is 1. The number of carbonyl (C=O) groups is 1. The fourth-order valence-corrected chi connectivity index (χ4v) is 6.78. The minimum atomic E-state index is -0.558.